The molecule has 0 saturated carbocycles. The van der Waals surface area contributed by atoms with Gasteiger partial charge < -0.3 is 0 Å². The second-order valence-corrected chi connectivity index (χ2v) is 4.02. The molecule has 0 amide bonds. The minimum atomic E-state index is 1.11. The van der Waals surface area contributed by atoms with Crippen LogP contribution in [-0.4, -0.2) is 15.5 Å². The average molecular weight is 168 g/mol. The van der Waals surface area contributed by atoms with E-state index in [9.17, 15) is 0 Å². The van der Waals surface area contributed by atoms with Crippen LogP contribution in [0.15, 0.2) is 11.1 Å². The summed E-state index contributed by atoms with van der Waals surface area (Å²) in [6.07, 6.45) is 2.61. The zero-order chi connectivity index (χ0) is 7.68. The van der Waals surface area contributed by atoms with Gasteiger partial charge in [-0.05, 0) is 31.6 Å². The van der Waals surface area contributed by atoms with E-state index in [1.165, 1.54) is 23.6 Å². The van der Waals surface area contributed by atoms with Crippen molar-refractivity contribution in [1.82, 2.24) is 9.78 Å². The molecular weight excluding hydrogens is 156 g/mol. The summed E-state index contributed by atoms with van der Waals surface area (Å²) in [5.41, 5.74) is 1.15. The summed E-state index contributed by atoms with van der Waals surface area (Å²) in [4.78, 5) is 0. The van der Waals surface area contributed by atoms with Gasteiger partial charge in [0.05, 0.1) is 10.7 Å². The van der Waals surface area contributed by atoms with Crippen molar-refractivity contribution in [1.29, 1.82) is 0 Å². The fraction of sp³-hybridized carbons (Fsp3) is 0.625. The van der Waals surface area contributed by atoms with E-state index in [-0.39, 0.29) is 0 Å². The Bertz CT molecular complexity index is 231. The highest BCUT2D eigenvalue weighted by Gasteiger charge is 2.08. The molecule has 2 nitrogen and oxygen atoms in total. The van der Waals surface area contributed by atoms with E-state index in [1.807, 2.05) is 11.8 Å². The van der Waals surface area contributed by atoms with Crippen LogP contribution in [0.4, 0.5) is 0 Å². The molecule has 0 N–H and O–H groups in total. The second-order valence-electron chi connectivity index (χ2n) is 2.90. The lowest BCUT2D eigenvalue weighted by Gasteiger charge is -1.98. The predicted molar refractivity (Wildman–Crippen MR) is 46.9 cm³/mol. The Balaban J connectivity index is 2.32. The fourth-order valence-corrected chi connectivity index (χ4v) is 2.43. The van der Waals surface area contributed by atoms with E-state index in [2.05, 4.69) is 22.8 Å². The fourth-order valence-electron chi connectivity index (χ4n) is 1.34. The minimum absolute atomic E-state index is 1.11. The smallest absolute Gasteiger partial charge is 0.0942 e. The first-order valence-corrected chi connectivity index (χ1v) is 5.02. The number of aryl methyl sites for hydroxylation is 2. The summed E-state index contributed by atoms with van der Waals surface area (Å²) in [6.45, 7) is 3.17. The van der Waals surface area contributed by atoms with Gasteiger partial charge in [0.2, 0.25) is 0 Å². The number of aromatic nitrogens is 2. The molecule has 1 aliphatic heterocycles. The van der Waals surface area contributed by atoms with Gasteiger partial charge in [0, 0.05) is 6.54 Å². The molecular formula is C8H12N2S. The van der Waals surface area contributed by atoms with Crippen molar-refractivity contribution in [2.45, 2.75) is 31.3 Å². The van der Waals surface area contributed by atoms with Gasteiger partial charge in [-0.1, -0.05) is 0 Å². The van der Waals surface area contributed by atoms with E-state index in [4.69, 9.17) is 0 Å². The van der Waals surface area contributed by atoms with Crippen molar-refractivity contribution in [3.05, 3.63) is 11.8 Å². The predicted octanol–water partition coefficient (Wildman–Crippen LogP) is 2.08. The summed E-state index contributed by atoms with van der Waals surface area (Å²) in [5, 5.41) is 5.75. The molecule has 11 heavy (non-hydrogen) atoms. The number of fused-ring (bicyclic) bond motifs is 1. The molecule has 2 heterocycles. The van der Waals surface area contributed by atoms with Crippen LogP contribution in [0, 0.1) is 6.92 Å². The third kappa shape index (κ3) is 1.43. The molecule has 0 saturated heterocycles. The maximum atomic E-state index is 4.41. The van der Waals surface area contributed by atoms with Gasteiger partial charge in [-0.3, -0.25) is 4.68 Å². The van der Waals surface area contributed by atoms with Crippen molar-refractivity contribution < 1.29 is 0 Å². The zero-order valence-corrected chi connectivity index (χ0v) is 7.52. The molecule has 3 heteroatoms. The van der Waals surface area contributed by atoms with Crippen LogP contribution in [0.2, 0.25) is 0 Å². The molecule has 0 spiro atoms. The summed E-state index contributed by atoms with van der Waals surface area (Å²) < 4.78 is 2.13. The molecule has 2 rings (SSSR count). The quantitative estimate of drug-likeness (QED) is 0.590. The summed E-state index contributed by atoms with van der Waals surface area (Å²) >= 11 is 1.93. The van der Waals surface area contributed by atoms with Crippen molar-refractivity contribution in [3.63, 3.8) is 0 Å². The van der Waals surface area contributed by atoms with Crippen LogP contribution >= 0.6 is 11.8 Å². The zero-order valence-electron chi connectivity index (χ0n) is 6.71. The molecule has 1 aromatic heterocycles. The van der Waals surface area contributed by atoms with Gasteiger partial charge in [-0.2, -0.15) is 5.10 Å². The van der Waals surface area contributed by atoms with Gasteiger partial charge in [0.15, 0.2) is 0 Å². The standard InChI is InChI=1S/C8H12N2S/c1-7-6-8-10(9-7)4-2-3-5-11-8/h6H,2-5H2,1H3. The Hall–Kier alpha value is -0.440. The number of nitrogens with zero attached hydrogens (tertiary/aromatic N) is 2. The Kier molecular flexibility index (Phi) is 1.90. The SMILES string of the molecule is Cc1cc2n(n1)CCCCS2. The third-order valence-corrected chi connectivity index (χ3v) is 3.00. The first kappa shape index (κ1) is 7.22. The average Bonchev–Trinajstić information content (AvgIpc) is 2.17. The van der Waals surface area contributed by atoms with Crippen molar-refractivity contribution in [2.24, 2.45) is 0 Å². The van der Waals surface area contributed by atoms with Crippen molar-refractivity contribution in [2.75, 3.05) is 5.75 Å². The van der Waals surface area contributed by atoms with Gasteiger partial charge in [0.1, 0.15) is 0 Å². The summed E-state index contributed by atoms with van der Waals surface area (Å²) in [7, 11) is 0. The number of thioether (sulfide) groups is 1. The Morgan fingerprint density at radius 3 is 3.36 bits per heavy atom. The van der Waals surface area contributed by atoms with Crippen LogP contribution < -0.4 is 0 Å². The molecule has 1 aliphatic rings. The van der Waals surface area contributed by atoms with Crippen molar-refractivity contribution in [3.8, 4) is 0 Å². The van der Waals surface area contributed by atoms with Crippen LogP contribution in [0.5, 0.6) is 0 Å². The van der Waals surface area contributed by atoms with Crippen LogP contribution in [0.1, 0.15) is 18.5 Å². The Labute approximate surface area is 71.0 Å². The van der Waals surface area contributed by atoms with Crippen molar-refractivity contribution >= 4 is 11.8 Å². The molecule has 0 atom stereocenters. The van der Waals surface area contributed by atoms with Crippen LogP contribution in [0.25, 0.3) is 0 Å². The van der Waals surface area contributed by atoms with Gasteiger partial charge >= 0.3 is 0 Å². The maximum absolute atomic E-state index is 4.41. The molecule has 0 radical (unpaired) electrons. The second kappa shape index (κ2) is 2.89. The van der Waals surface area contributed by atoms with Gasteiger partial charge in [-0.25, -0.2) is 0 Å². The van der Waals surface area contributed by atoms with E-state index in [1.54, 1.807) is 0 Å². The molecule has 0 aromatic carbocycles. The van der Waals surface area contributed by atoms with Crippen LogP contribution in [0.3, 0.4) is 0 Å². The molecule has 1 aromatic rings. The minimum Gasteiger partial charge on any atom is -0.259 e. The lowest BCUT2D eigenvalue weighted by molar-refractivity contribution is 0.542. The maximum Gasteiger partial charge on any atom is 0.0942 e. The number of rotatable bonds is 0. The molecule has 0 unspecified atom stereocenters. The topological polar surface area (TPSA) is 17.8 Å². The lowest BCUT2D eigenvalue weighted by atomic mass is 10.3. The molecule has 0 aliphatic carbocycles. The first-order chi connectivity index (χ1) is 5.36. The first-order valence-electron chi connectivity index (χ1n) is 4.03. The highest BCUT2D eigenvalue weighted by Crippen LogP contribution is 2.23. The van der Waals surface area contributed by atoms with Gasteiger partial charge in [0.25, 0.3) is 0 Å². The summed E-state index contributed by atoms with van der Waals surface area (Å²) in [5.74, 6) is 1.26. The summed E-state index contributed by atoms with van der Waals surface area (Å²) in [6, 6.07) is 2.18. The molecule has 0 bridgehead atoms. The third-order valence-electron chi connectivity index (χ3n) is 1.88. The van der Waals surface area contributed by atoms with E-state index in [0.717, 1.165) is 12.2 Å². The van der Waals surface area contributed by atoms with E-state index in [0.29, 0.717) is 0 Å². The lowest BCUT2D eigenvalue weighted by Crippen LogP contribution is -1.99. The number of hydrogen-bond donors (Lipinski definition) is 0. The van der Waals surface area contributed by atoms with E-state index < -0.39 is 0 Å². The Morgan fingerprint density at radius 1 is 1.55 bits per heavy atom. The monoisotopic (exact) mass is 168 g/mol. The largest absolute Gasteiger partial charge is 0.259 e. The normalized spacial score (nSPS) is 17.5. The van der Waals surface area contributed by atoms with Gasteiger partial charge in [-0.15, -0.1) is 11.8 Å². The van der Waals surface area contributed by atoms with E-state index >= 15 is 0 Å². The molecule has 0 fully saturated rings. The number of hydrogen-bond acceptors (Lipinski definition) is 2. The molecule has 60 valence electrons. The highest BCUT2D eigenvalue weighted by molar-refractivity contribution is 7.99. The Morgan fingerprint density at radius 2 is 2.45 bits per heavy atom. The van der Waals surface area contributed by atoms with Crippen LogP contribution in [-0.2, 0) is 6.54 Å². The highest BCUT2D eigenvalue weighted by atomic mass is 32.2.